The molecule has 10 nitrogen and oxygen atoms in total. The summed E-state index contributed by atoms with van der Waals surface area (Å²) in [6.45, 7) is 1.70. The Morgan fingerprint density at radius 3 is 2.27 bits per heavy atom. The van der Waals surface area contributed by atoms with Crippen LogP contribution in [0.4, 0.5) is 0 Å². The Kier molecular flexibility index (Phi) is 8.32. The largest absolute Gasteiger partial charge is 0.459 e. The van der Waals surface area contributed by atoms with E-state index in [9.17, 15) is 19.2 Å². The summed E-state index contributed by atoms with van der Waals surface area (Å²) in [5, 5.41) is -0.196. The summed E-state index contributed by atoms with van der Waals surface area (Å²) in [5.41, 5.74) is -0.0684. The third-order valence-electron chi connectivity index (χ3n) is 6.23. The van der Waals surface area contributed by atoms with Crippen LogP contribution in [0.1, 0.15) is 50.0 Å². The SMILES string of the molecule is C[C@@H]1C[C@@H]2O[C@H]2/C=C\C=C\C(=O)Cc2c(Cl)c(OC(=O)c3cccnc3)cc(OC(=O)c3cccnc3)c2C(=O)O1. The number of hydrogen-bond acceptors (Lipinski definition) is 10. The van der Waals surface area contributed by atoms with Gasteiger partial charge in [-0.3, -0.25) is 14.8 Å². The number of halogens is 1. The molecular formula is C30H23ClN2O8. The first-order valence-corrected chi connectivity index (χ1v) is 13.0. The number of nitrogens with zero attached hydrogens (tertiary/aromatic N) is 2. The Bertz CT molecular complexity index is 1560. The van der Waals surface area contributed by atoms with E-state index in [1.807, 2.05) is 6.08 Å². The second-order valence-electron chi connectivity index (χ2n) is 9.28. The zero-order chi connectivity index (χ0) is 28.9. The highest BCUT2D eigenvalue weighted by Gasteiger charge is 2.38. The minimum Gasteiger partial charge on any atom is -0.459 e. The van der Waals surface area contributed by atoms with E-state index in [4.69, 9.17) is 30.5 Å². The van der Waals surface area contributed by atoms with E-state index < -0.39 is 29.8 Å². The maximum Gasteiger partial charge on any atom is 0.345 e. The van der Waals surface area contributed by atoms with Crippen molar-refractivity contribution in [1.82, 2.24) is 9.97 Å². The summed E-state index contributed by atoms with van der Waals surface area (Å²) in [6.07, 6.45) is 11.1. The molecule has 208 valence electrons. The van der Waals surface area contributed by atoms with Gasteiger partial charge in [0.1, 0.15) is 23.5 Å². The van der Waals surface area contributed by atoms with Crippen LogP contribution in [0.2, 0.25) is 5.02 Å². The number of ketones is 1. The molecule has 4 heterocycles. The Morgan fingerprint density at radius 2 is 1.63 bits per heavy atom. The fourth-order valence-corrected chi connectivity index (χ4v) is 4.45. The molecule has 3 atom stereocenters. The molecule has 0 spiro atoms. The van der Waals surface area contributed by atoms with Crippen LogP contribution in [0.3, 0.4) is 0 Å². The van der Waals surface area contributed by atoms with E-state index in [-0.39, 0.29) is 57.4 Å². The summed E-state index contributed by atoms with van der Waals surface area (Å²) in [5.74, 6) is -3.51. The van der Waals surface area contributed by atoms with Gasteiger partial charge in [-0.25, -0.2) is 14.4 Å². The first-order chi connectivity index (χ1) is 19.8. The van der Waals surface area contributed by atoms with Crippen molar-refractivity contribution in [3.63, 3.8) is 0 Å². The van der Waals surface area contributed by atoms with E-state index in [1.54, 1.807) is 31.2 Å². The average molecular weight is 575 g/mol. The van der Waals surface area contributed by atoms with Gasteiger partial charge >= 0.3 is 17.9 Å². The molecule has 0 unspecified atom stereocenters. The number of aromatic nitrogens is 2. The van der Waals surface area contributed by atoms with Gasteiger partial charge in [0.25, 0.3) is 0 Å². The van der Waals surface area contributed by atoms with Crippen LogP contribution >= 0.6 is 11.6 Å². The second kappa shape index (κ2) is 12.2. The monoisotopic (exact) mass is 574 g/mol. The van der Waals surface area contributed by atoms with Gasteiger partial charge in [0.15, 0.2) is 11.5 Å². The molecule has 2 aromatic heterocycles. The molecule has 0 aliphatic carbocycles. The van der Waals surface area contributed by atoms with Crippen molar-refractivity contribution in [3.05, 3.63) is 107 Å². The molecule has 0 saturated carbocycles. The van der Waals surface area contributed by atoms with Crippen molar-refractivity contribution in [2.45, 2.75) is 38.1 Å². The van der Waals surface area contributed by atoms with Crippen molar-refractivity contribution < 1.29 is 38.1 Å². The van der Waals surface area contributed by atoms with Crippen molar-refractivity contribution in [2.24, 2.45) is 0 Å². The highest BCUT2D eigenvalue weighted by atomic mass is 35.5. The highest BCUT2D eigenvalue weighted by molar-refractivity contribution is 6.34. The standard InChI is InChI=1S/C30H23ClN2O8/c1-17-12-23-22(39-23)9-3-2-8-20(34)13-21-26(30(37)38-17)24(40-28(35)18-6-4-10-32-15-18)14-25(27(21)31)41-29(36)19-7-5-11-33-16-19/h2-11,14-17,22-23H,12-13H2,1H3/b8-2+,9-3-/t17-,22+,23+/m1/s1. The molecule has 41 heavy (non-hydrogen) atoms. The van der Waals surface area contributed by atoms with Gasteiger partial charge in [-0.05, 0) is 37.3 Å². The molecule has 2 aliphatic heterocycles. The molecule has 11 heteroatoms. The number of epoxide rings is 1. The van der Waals surface area contributed by atoms with Crippen LogP contribution < -0.4 is 9.47 Å². The van der Waals surface area contributed by atoms with E-state index >= 15 is 0 Å². The number of carbonyl (C=O) groups is 4. The number of benzene rings is 1. The van der Waals surface area contributed by atoms with Crippen LogP contribution in [0.5, 0.6) is 11.5 Å². The van der Waals surface area contributed by atoms with Crippen molar-refractivity contribution >= 4 is 35.3 Å². The fraction of sp³-hybridized carbons (Fsp3) is 0.200. The number of esters is 3. The topological polar surface area (TPSA) is 134 Å². The van der Waals surface area contributed by atoms with Gasteiger partial charge in [0, 0.05) is 49.3 Å². The van der Waals surface area contributed by atoms with Crippen LogP contribution in [0, 0.1) is 0 Å². The van der Waals surface area contributed by atoms with E-state index in [0.717, 1.165) is 6.07 Å². The summed E-state index contributed by atoms with van der Waals surface area (Å²) in [7, 11) is 0. The molecule has 0 bridgehead atoms. The normalized spacial score (nSPS) is 21.8. The van der Waals surface area contributed by atoms with Gasteiger partial charge in [-0.15, -0.1) is 0 Å². The molecule has 0 radical (unpaired) electrons. The zero-order valence-corrected chi connectivity index (χ0v) is 22.4. The van der Waals surface area contributed by atoms with Crippen LogP contribution in [-0.2, 0) is 20.7 Å². The van der Waals surface area contributed by atoms with Gasteiger partial charge in [-0.2, -0.15) is 0 Å². The molecule has 2 aliphatic rings. The maximum absolute atomic E-state index is 13.6. The first-order valence-electron chi connectivity index (χ1n) is 12.6. The minimum absolute atomic E-state index is 0.0365. The van der Waals surface area contributed by atoms with E-state index in [0.29, 0.717) is 6.42 Å². The van der Waals surface area contributed by atoms with Gasteiger partial charge < -0.3 is 18.9 Å². The predicted octanol–water partition coefficient (Wildman–Crippen LogP) is 4.51. The Labute approximate surface area is 239 Å². The summed E-state index contributed by atoms with van der Waals surface area (Å²) in [4.78, 5) is 60.2. The van der Waals surface area contributed by atoms with Crippen molar-refractivity contribution in [3.8, 4) is 11.5 Å². The van der Waals surface area contributed by atoms with Crippen molar-refractivity contribution in [1.29, 1.82) is 0 Å². The van der Waals surface area contributed by atoms with E-state index in [2.05, 4.69) is 9.97 Å². The smallest absolute Gasteiger partial charge is 0.345 e. The van der Waals surface area contributed by atoms with Crippen LogP contribution in [0.15, 0.2) is 79.4 Å². The lowest BCUT2D eigenvalue weighted by molar-refractivity contribution is -0.114. The molecule has 1 aromatic carbocycles. The van der Waals surface area contributed by atoms with Gasteiger partial charge in [0.05, 0.1) is 22.3 Å². The number of rotatable bonds is 4. The number of fused-ring (bicyclic) bond motifs is 2. The lowest BCUT2D eigenvalue weighted by atomic mass is 9.99. The quantitative estimate of drug-likeness (QED) is 0.249. The Morgan fingerprint density at radius 1 is 0.976 bits per heavy atom. The Hall–Kier alpha value is -4.67. The maximum atomic E-state index is 13.6. The highest BCUT2D eigenvalue weighted by Crippen LogP contribution is 2.40. The molecule has 1 fully saturated rings. The third-order valence-corrected chi connectivity index (χ3v) is 6.65. The molecule has 0 N–H and O–H groups in total. The van der Waals surface area contributed by atoms with Crippen LogP contribution in [0.25, 0.3) is 0 Å². The minimum atomic E-state index is -0.880. The number of cyclic esters (lactones) is 1. The lowest BCUT2D eigenvalue weighted by Crippen LogP contribution is -2.22. The number of carbonyl (C=O) groups excluding carboxylic acids is 4. The van der Waals surface area contributed by atoms with Gasteiger partial charge in [-0.1, -0.05) is 29.8 Å². The molecule has 1 saturated heterocycles. The fourth-order valence-electron chi connectivity index (χ4n) is 4.19. The summed E-state index contributed by atoms with van der Waals surface area (Å²) in [6, 6.07) is 7.19. The number of allylic oxidation sites excluding steroid dienone is 3. The predicted molar refractivity (Wildman–Crippen MR) is 145 cm³/mol. The first kappa shape index (κ1) is 27.9. The second-order valence-corrected chi connectivity index (χ2v) is 9.66. The number of pyridine rings is 2. The zero-order valence-electron chi connectivity index (χ0n) is 21.7. The number of hydrogen-bond donors (Lipinski definition) is 0. The third kappa shape index (κ3) is 6.74. The Balaban J connectivity index is 1.60. The van der Waals surface area contributed by atoms with Crippen molar-refractivity contribution in [2.75, 3.05) is 0 Å². The number of ether oxygens (including phenoxy) is 4. The van der Waals surface area contributed by atoms with Crippen LogP contribution in [-0.4, -0.2) is 52.0 Å². The molecular weight excluding hydrogens is 552 g/mol. The van der Waals surface area contributed by atoms with Gasteiger partial charge in [0.2, 0.25) is 0 Å². The average Bonchev–Trinajstić information content (AvgIpc) is 3.70. The lowest BCUT2D eigenvalue weighted by Gasteiger charge is -2.19. The molecule has 5 rings (SSSR count). The molecule has 3 aromatic rings. The summed E-state index contributed by atoms with van der Waals surface area (Å²) >= 11 is 6.67. The van der Waals surface area contributed by atoms with E-state index in [1.165, 1.54) is 43.0 Å². The molecule has 0 amide bonds. The summed E-state index contributed by atoms with van der Waals surface area (Å²) < 4.78 is 22.4.